The molecule has 0 aliphatic rings. The maximum atomic E-state index is 5.91. The molecule has 1 unspecified atom stereocenters. The topological polar surface area (TPSA) is 9.23 Å². The van der Waals surface area contributed by atoms with Gasteiger partial charge in [-0.1, -0.05) is 30.1 Å². The van der Waals surface area contributed by atoms with E-state index in [1.54, 1.807) is 18.2 Å². The predicted octanol–water partition coefficient (Wildman–Crippen LogP) is 4.25. The highest BCUT2D eigenvalue weighted by atomic mass is 35.5. The predicted molar refractivity (Wildman–Crippen MR) is 61.8 cm³/mol. The summed E-state index contributed by atoms with van der Waals surface area (Å²) in [5.41, 5.74) is 0. The van der Waals surface area contributed by atoms with E-state index in [1.807, 2.05) is 6.92 Å². The minimum absolute atomic E-state index is 0.298. The summed E-state index contributed by atoms with van der Waals surface area (Å²) in [5, 5.41) is 1.18. The third-order valence-corrected chi connectivity index (χ3v) is 2.75. The molecule has 1 aromatic rings. The largest absolute Gasteiger partial charge is 0.492 e. The molecule has 0 aromatic heterocycles. The van der Waals surface area contributed by atoms with Crippen molar-refractivity contribution in [3.05, 3.63) is 28.2 Å². The molecule has 0 saturated heterocycles. The Hall–Kier alpha value is -0.110. The van der Waals surface area contributed by atoms with Crippen LogP contribution in [-0.2, 0) is 0 Å². The van der Waals surface area contributed by atoms with Crippen molar-refractivity contribution < 1.29 is 4.74 Å². The summed E-state index contributed by atoms with van der Waals surface area (Å²) >= 11 is 17.4. The van der Waals surface area contributed by atoms with Gasteiger partial charge in [-0.3, -0.25) is 0 Å². The van der Waals surface area contributed by atoms with Crippen LogP contribution >= 0.6 is 34.8 Å². The third-order valence-electron chi connectivity index (χ3n) is 1.68. The normalized spacial score (nSPS) is 12.6. The second kappa shape index (κ2) is 5.69. The zero-order chi connectivity index (χ0) is 10.6. The Bertz CT molecular complexity index is 301. The van der Waals surface area contributed by atoms with Crippen LogP contribution in [-0.4, -0.2) is 12.5 Å². The average Bonchev–Trinajstić information content (AvgIpc) is 2.19. The number of rotatable bonds is 4. The lowest BCUT2D eigenvalue weighted by atomic mass is 10.2. The number of alkyl halides is 1. The number of hydrogen-bond donors (Lipinski definition) is 0. The van der Waals surface area contributed by atoms with Gasteiger partial charge in [0, 0.05) is 22.9 Å². The fraction of sp³-hybridized carbons (Fsp3) is 0.400. The van der Waals surface area contributed by atoms with Gasteiger partial charge in [-0.25, -0.2) is 0 Å². The molecule has 14 heavy (non-hydrogen) atoms. The Morgan fingerprint density at radius 2 is 2.07 bits per heavy atom. The number of ether oxygens (including phenoxy) is 1. The SMILES string of the molecule is CC(CCl)COc1cc(Cl)ccc1Cl. The molecule has 0 heterocycles. The van der Waals surface area contributed by atoms with Crippen LogP contribution in [0.15, 0.2) is 18.2 Å². The Morgan fingerprint density at radius 1 is 1.36 bits per heavy atom. The molecule has 0 aliphatic carbocycles. The maximum Gasteiger partial charge on any atom is 0.139 e. The minimum Gasteiger partial charge on any atom is -0.492 e. The fourth-order valence-corrected chi connectivity index (χ4v) is 1.29. The monoisotopic (exact) mass is 252 g/mol. The standard InChI is InChI=1S/C10H11Cl3O/c1-7(5-11)6-14-10-4-8(12)2-3-9(10)13/h2-4,7H,5-6H2,1H3. The van der Waals surface area contributed by atoms with Crippen LogP contribution in [0.4, 0.5) is 0 Å². The molecule has 0 amide bonds. The Kier molecular flexibility index (Phi) is 4.86. The van der Waals surface area contributed by atoms with Crippen LogP contribution in [0.3, 0.4) is 0 Å². The summed E-state index contributed by atoms with van der Waals surface area (Å²) in [6, 6.07) is 5.14. The highest BCUT2D eigenvalue weighted by molar-refractivity contribution is 6.34. The molecule has 0 fully saturated rings. The van der Waals surface area contributed by atoms with Crippen LogP contribution in [0, 0.1) is 5.92 Å². The van der Waals surface area contributed by atoms with Crippen LogP contribution in [0.5, 0.6) is 5.75 Å². The molecular formula is C10H11Cl3O. The van der Waals surface area contributed by atoms with Crippen LogP contribution < -0.4 is 4.74 Å². The first-order valence-corrected chi connectivity index (χ1v) is 5.56. The second-order valence-corrected chi connectivity index (χ2v) is 4.30. The Morgan fingerprint density at radius 3 is 2.71 bits per heavy atom. The second-order valence-electron chi connectivity index (χ2n) is 3.15. The molecule has 0 bridgehead atoms. The van der Waals surface area contributed by atoms with Crippen LogP contribution in [0.2, 0.25) is 10.0 Å². The Labute approximate surface area is 98.9 Å². The van der Waals surface area contributed by atoms with Crippen molar-refractivity contribution >= 4 is 34.8 Å². The fourth-order valence-electron chi connectivity index (χ4n) is 0.864. The smallest absolute Gasteiger partial charge is 0.139 e. The molecular weight excluding hydrogens is 242 g/mol. The molecule has 78 valence electrons. The molecule has 1 atom stereocenters. The van der Waals surface area contributed by atoms with Gasteiger partial charge < -0.3 is 4.74 Å². The quantitative estimate of drug-likeness (QED) is 0.729. The van der Waals surface area contributed by atoms with Gasteiger partial charge in [0.1, 0.15) is 5.75 Å². The first-order valence-electron chi connectivity index (χ1n) is 4.27. The summed E-state index contributed by atoms with van der Waals surface area (Å²) in [4.78, 5) is 0. The summed E-state index contributed by atoms with van der Waals surface area (Å²) in [6.45, 7) is 2.55. The van der Waals surface area contributed by atoms with Crippen molar-refractivity contribution in [3.63, 3.8) is 0 Å². The van der Waals surface area contributed by atoms with Crippen molar-refractivity contribution in [1.29, 1.82) is 0 Å². The minimum atomic E-state index is 0.298. The van der Waals surface area contributed by atoms with Crippen molar-refractivity contribution in [2.24, 2.45) is 5.92 Å². The van der Waals surface area contributed by atoms with E-state index < -0.39 is 0 Å². The number of halogens is 3. The van der Waals surface area contributed by atoms with E-state index in [0.717, 1.165) is 0 Å². The summed E-state index contributed by atoms with van der Waals surface area (Å²) in [7, 11) is 0. The molecule has 0 saturated carbocycles. The van der Waals surface area contributed by atoms with Crippen LogP contribution in [0.25, 0.3) is 0 Å². The van der Waals surface area contributed by atoms with Gasteiger partial charge in [-0.05, 0) is 12.1 Å². The molecule has 0 spiro atoms. The molecule has 1 rings (SSSR count). The molecule has 1 nitrogen and oxygen atoms in total. The number of hydrogen-bond acceptors (Lipinski definition) is 1. The van der Waals surface area contributed by atoms with E-state index in [1.165, 1.54) is 0 Å². The third kappa shape index (κ3) is 3.56. The molecule has 1 aromatic carbocycles. The van der Waals surface area contributed by atoms with E-state index in [9.17, 15) is 0 Å². The van der Waals surface area contributed by atoms with Crippen molar-refractivity contribution in [2.75, 3.05) is 12.5 Å². The van der Waals surface area contributed by atoms with Crippen molar-refractivity contribution in [1.82, 2.24) is 0 Å². The summed E-state index contributed by atoms with van der Waals surface area (Å²) in [5.74, 6) is 1.47. The lowest BCUT2D eigenvalue weighted by Gasteiger charge is -2.11. The summed E-state index contributed by atoms with van der Waals surface area (Å²) in [6.07, 6.45) is 0. The zero-order valence-corrected chi connectivity index (χ0v) is 10.0. The lowest BCUT2D eigenvalue weighted by molar-refractivity contribution is 0.273. The van der Waals surface area contributed by atoms with Crippen molar-refractivity contribution in [3.8, 4) is 5.75 Å². The van der Waals surface area contributed by atoms with Gasteiger partial charge in [0.25, 0.3) is 0 Å². The van der Waals surface area contributed by atoms with Gasteiger partial charge >= 0.3 is 0 Å². The number of benzene rings is 1. The zero-order valence-electron chi connectivity index (χ0n) is 7.77. The van der Waals surface area contributed by atoms with Gasteiger partial charge in [0.05, 0.1) is 11.6 Å². The van der Waals surface area contributed by atoms with Crippen molar-refractivity contribution in [2.45, 2.75) is 6.92 Å². The molecule has 0 aliphatic heterocycles. The first kappa shape index (κ1) is 12.0. The highest BCUT2D eigenvalue weighted by Crippen LogP contribution is 2.27. The maximum absolute atomic E-state index is 5.91. The van der Waals surface area contributed by atoms with E-state index in [4.69, 9.17) is 39.5 Å². The molecule has 0 N–H and O–H groups in total. The highest BCUT2D eigenvalue weighted by Gasteiger charge is 2.05. The van der Waals surface area contributed by atoms with Gasteiger partial charge in [-0.2, -0.15) is 0 Å². The lowest BCUT2D eigenvalue weighted by Crippen LogP contribution is -2.09. The van der Waals surface area contributed by atoms with E-state index in [0.29, 0.717) is 34.2 Å². The van der Waals surface area contributed by atoms with Crippen LogP contribution in [0.1, 0.15) is 6.92 Å². The van der Waals surface area contributed by atoms with Gasteiger partial charge in [0.2, 0.25) is 0 Å². The van der Waals surface area contributed by atoms with Gasteiger partial charge in [0.15, 0.2) is 0 Å². The molecule has 0 radical (unpaired) electrons. The Balaban J connectivity index is 2.62. The van der Waals surface area contributed by atoms with E-state index in [2.05, 4.69) is 0 Å². The van der Waals surface area contributed by atoms with E-state index >= 15 is 0 Å². The average molecular weight is 254 g/mol. The summed E-state index contributed by atoms with van der Waals surface area (Å²) < 4.78 is 5.47. The first-order chi connectivity index (χ1) is 6.63. The molecule has 4 heteroatoms. The van der Waals surface area contributed by atoms with Gasteiger partial charge in [-0.15, -0.1) is 11.6 Å². The van der Waals surface area contributed by atoms with E-state index in [-0.39, 0.29) is 0 Å².